The Morgan fingerprint density at radius 1 is 1.29 bits per heavy atom. The molecule has 5 nitrogen and oxygen atoms in total. The number of aromatic nitrogens is 2. The molecule has 0 bridgehead atoms. The molecular weight excluding hydrogens is 288 g/mol. The average Bonchev–Trinajstić information content (AvgIpc) is 2.62. The number of nitrogens with zero attached hydrogens (tertiary/aromatic N) is 2. The lowest BCUT2D eigenvalue weighted by molar-refractivity contribution is -0.121. The number of halogens is 1. The average molecular weight is 317 g/mol. The van der Waals surface area contributed by atoms with E-state index in [9.17, 15) is 4.79 Å². The number of likely N-dealkylation sites (N-methyl/N-ethyl adjacent to an activating group) is 1. The highest BCUT2D eigenvalue weighted by molar-refractivity contribution is 5.85. The fourth-order valence-corrected chi connectivity index (χ4v) is 2.27. The molecule has 21 heavy (non-hydrogen) atoms. The van der Waals surface area contributed by atoms with Crippen molar-refractivity contribution in [3.8, 4) is 0 Å². The molecule has 1 rings (SSSR count). The van der Waals surface area contributed by atoms with Gasteiger partial charge in [0, 0.05) is 31.7 Å². The van der Waals surface area contributed by atoms with Crippen molar-refractivity contribution in [3.63, 3.8) is 0 Å². The lowest BCUT2D eigenvalue weighted by atomic mass is 10.1. The van der Waals surface area contributed by atoms with Gasteiger partial charge in [-0.1, -0.05) is 13.8 Å². The molecule has 0 radical (unpaired) electrons. The Morgan fingerprint density at radius 2 is 1.95 bits per heavy atom. The number of carbonyl (C=O) groups excluding carboxylic acids is 1. The van der Waals surface area contributed by atoms with E-state index in [0.29, 0.717) is 18.9 Å². The Kier molecular flexibility index (Phi) is 9.29. The van der Waals surface area contributed by atoms with Crippen LogP contribution >= 0.6 is 12.4 Å². The Morgan fingerprint density at radius 3 is 2.52 bits per heavy atom. The molecule has 1 aromatic rings. The maximum atomic E-state index is 11.7. The molecule has 0 unspecified atom stereocenters. The van der Waals surface area contributed by atoms with E-state index in [1.807, 2.05) is 14.0 Å². The van der Waals surface area contributed by atoms with Gasteiger partial charge in [-0.15, -0.1) is 12.4 Å². The largest absolute Gasteiger partial charge is 0.355 e. The van der Waals surface area contributed by atoms with Gasteiger partial charge in [-0.25, -0.2) is 0 Å². The monoisotopic (exact) mass is 316 g/mol. The molecule has 0 saturated carbocycles. The Hall–Kier alpha value is -1.07. The summed E-state index contributed by atoms with van der Waals surface area (Å²) in [7, 11) is 1.88. The number of rotatable bonds is 8. The first-order chi connectivity index (χ1) is 9.45. The smallest absolute Gasteiger partial charge is 0.220 e. The van der Waals surface area contributed by atoms with Crippen molar-refractivity contribution >= 4 is 18.3 Å². The van der Waals surface area contributed by atoms with Gasteiger partial charge in [-0.2, -0.15) is 5.10 Å². The van der Waals surface area contributed by atoms with Crippen molar-refractivity contribution in [1.29, 1.82) is 0 Å². The van der Waals surface area contributed by atoms with Crippen LogP contribution in [-0.2, 0) is 17.8 Å². The van der Waals surface area contributed by atoms with Gasteiger partial charge in [0.05, 0.1) is 5.69 Å². The molecule has 0 atom stereocenters. The van der Waals surface area contributed by atoms with Gasteiger partial charge >= 0.3 is 0 Å². The standard InChI is InChI=1S/C15H28N4O.ClH/c1-11(2)10-19-13(4)14(12(3)18-19)6-7-15(20)17-9-8-16-5;/h11,16H,6-10H2,1-5H3,(H,17,20);1H. The summed E-state index contributed by atoms with van der Waals surface area (Å²) in [4.78, 5) is 11.7. The summed E-state index contributed by atoms with van der Waals surface area (Å²) < 4.78 is 2.06. The number of hydrogen-bond donors (Lipinski definition) is 2. The lowest BCUT2D eigenvalue weighted by Gasteiger charge is -2.08. The molecule has 0 fully saturated rings. The second kappa shape index (κ2) is 9.79. The zero-order valence-electron chi connectivity index (χ0n) is 13.8. The third-order valence-corrected chi connectivity index (χ3v) is 3.37. The molecule has 0 aliphatic rings. The van der Waals surface area contributed by atoms with Crippen LogP contribution in [0.1, 0.15) is 37.2 Å². The molecule has 0 aromatic carbocycles. The second-order valence-electron chi connectivity index (χ2n) is 5.68. The topological polar surface area (TPSA) is 58.9 Å². The van der Waals surface area contributed by atoms with E-state index in [2.05, 4.69) is 41.2 Å². The molecule has 1 amide bonds. The number of nitrogens with one attached hydrogen (secondary N) is 2. The quantitative estimate of drug-likeness (QED) is 0.720. The predicted molar refractivity (Wildman–Crippen MR) is 89.0 cm³/mol. The van der Waals surface area contributed by atoms with Crippen LogP contribution in [0.15, 0.2) is 0 Å². The number of carbonyl (C=O) groups is 1. The lowest BCUT2D eigenvalue weighted by Crippen LogP contribution is -2.30. The number of aryl methyl sites for hydroxylation is 1. The van der Waals surface area contributed by atoms with Crippen molar-refractivity contribution < 1.29 is 4.79 Å². The van der Waals surface area contributed by atoms with E-state index >= 15 is 0 Å². The summed E-state index contributed by atoms with van der Waals surface area (Å²) in [6, 6.07) is 0. The zero-order chi connectivity index (χ0) is 15.1. The van der Waals surface area contributed by atoms with Crippen LogP contribution in [0.25, 0.3) is 0 Å². The Balaban J connectivity index is 0.00000400. The van der Waals surface area contributed by atoms with Gasteiger partial charge in [0.25, 0.3) is 0 Å². The highest BCUT2D eigenvalue weighted by Gasteiger charge is 2.13. The van der Waals surface area contributed by atoms with E-state index in [1.165, 1.54) is 11.3 Å². The van der Waals surface area contributed by atoms with E-state index < -0.39 is 0 Å². The molecular formula is C15H29ClN4O. The van der Waals surface area contributed by atoms with E-state index in [1.54, 1.807) is 0 Å². The summed E-state index contributed by atoms with van der Waals surface area (Å²) >= 11 is 0. The Labute approximate surface area is 134 Å². The van der Waals surface area contributed by atoms with Crippen molar-refractivity contribution in [2.75, 3.05) is 20.1 Å². The van der Waals surface area contributed by atoms with Gasteiger partial charge in [-0.05, 0) is 38.8 Å². The number of hydrogen-bond acceptors (Lipinski definition) is 3. The SMILES string of the molecule is CNCCNC(=O)CCc1c(C)nn(CC(C)C)c1C.Cl. The van der Waals surface area contributed by atoms with E-state index in [-0.39, 0.29) is 18.3 Å². The summed E-state index contributed by atoms with van der Waals surface area (Å²) in [5, 5.41) is 10.5. The van der Waals surface area contributed by atoms with Gasteiger partial charge in [0.1, 0.15) is 0 Å². The fraction of sp³-hybridized carbons (Fsp3) is 0.733. The molecule has 2 N–H and O–H groups in total. The van der Waals surface area contributed by atoms with Gasteiger partial charge in [0.2, 0.25) is 5.91 Å². The highest BCUT2D eigenvalue weighted by atomic mass is 35.5. The van der Waals surface area contributed by atoms with Crippen LogP contribution in [0, 0.1) is 19.8 Å². The molecule has 0 saturated heterocycles. The molecule has 1 aromatic heterocycles. The zero-order valence-corrected chi connectivity index (χ0v) is 14.6. The van der Waals surface area contributed by atoms with Crippen molar-refractivity contribution in [1.82, 2.24) is 20.4 Å². The summed E-state index contributed by atoms with van der Waals surface area (Å²) in [6.07, 6.45) is 1.29. The van der Waals surface area contributed by atoms with E-state index in [0.717, 1.165) is 25.2 Å². The number of amides is 1. The molecule has 0 aliphatic carbocycles. The maximum Gasteiger partial charge on any atom is 0.220 e. The van der Waals surface area contributed by atoms with Crippen LogP contribution in [-0.4, -0.2) is 35.8 Å². The van der Waals surface area contributed by atoms with Gasteiger partial charge in [0.15, 0.2) is 0 Å². The van der Waals surface area contributed by atoms with Crippen LogP contribution < -0.4 is 10.6 Å². The van der Waals surface area contributed by atoms with Crippen molar-refractivity contribution in [3.05, 3.63) is 17.0 Å². The van der Waals surface area contributed by atoms with Gasteiger partial charge in [-0.3, -0.25) is 9.48 Å². The molecule has 122 valence electrons. The van der Waals surface area contributed by atoms with Crippen molar-refractivity contribution in [2.24, 2.45) is 5.92 Å². The third kappa shape index (κ3) is 6.48. The van der Waals surface area contributed by atoms with Crippen LogP contribution in [0.4, 0.5) is 0 Å². The third-order valence-electron chi connectivity index (χ3n) is 3.37. The minimum absolute atomic E-state index is 0. The van der Waals surface area contributed by atoms with Crippen LogP contribution in [0.5, 0.6) is 0 Å². The summed E-state index contributed by atoms with van der Waals surface area (Å²) in [6.45, 7) is 10.9. The minimum atomic E-state index is 0. The molecule has 6 heteroatoms. The Bertz CT molecular complexity index is 443. The first-order valence-electron chi connectivity index (χ1n) is 7.39. The molecule has 1 heterocycles. The first kappa shape index (κ1) is 19.9. The minimum Gasteiger partial charge on any atom is -0.355 e. The first-order valence-corrected chi connectivity index (χ1v) is 7.39. The second-order valence-corrected chi connectivity index (χ2v) is 5.68. The van der Waals surface area contributed by atoms with Crippen molar-refractivity contribution in [2.45, 2.75) is 47.1 Å². The predicted octanol–water partition coefficient (Wildman–Crippen LogP) is 1.85. The fourth-order valence-electron chi connectivity index (χ4n) is 2.27. The van der Waals surface area contributed by atoms with Crippen LogP contribution in [0.2, 0.25) is 0 Å². The normalized spacial score (nSPS) is 10.6. The maximum absolute atomic E-state index is 11.7. The molecule has 0 aliphatic heterocycles. The summed E-state index contributed by atoms with van der Waals surface area (Å²) in [5.41, 5.74) is 3.46. The highest BCUT2D eigenvalue weighted by Crippen LogP contribution is 2.16. The van der Waals surface area contributed by atoms with Crippen LogP contribution in [0.3, 0.4) is 0 Å². The van der Waals surface area contributed by atoms with E-state index in [4.69, 9.17) is 0 Å². The summed E-state index contributed by atoms with van der Waals surface area (Å²) in [5.74, 6) is 0.682. The molecule has 0 spiro atoms. The van der Waals surface area contributed by atoms with Gasteiger partial charge < -0.3 is 10.6 Å².